The quantitative estimate of drug-likeness (QED) is 0.0112. The Balaban J connectivity index is 0.0000314. The maximum atomic E-state index is 13.5. The van der Waals surface area contributed by atoms with Crippen LogP contribution in [0.1, 0.15) is 49.4 Å². The summed E-state index contributed by atoms with van der Waals surface area (Å²) in [6.45, 7) is 0.591. The van der Waals surface area contributed by atoms with E-state index in [1.165, 1.54) is 31.2 Å². The summed E-state index contributed by atoms with van der Waals surface area (Å²) in [5.41, 5.74) is 33.9. The minimum atomic E-state index is -1.61. The van der Waals surface area contributed by atoms with Crippen LogP contribution in [0.3, 0.4) is 0 Å². The number of nitro groups is 1. The van der Waals surface area contributed by atoms with Gasteiger partial charge in [0.25, 0.3) is 5.69 Å². The molecule has 0 aromatic heterocycles. The summed E-state index contributed by atoms with van der Waals surface area (Å²) < 4.78 is 0. The van der Waals surface area contributed by atoms with Crippen molar-refractivity contribution in [3.63, 3.8) is 0 Å². The summed E-state index contributed by atoms with van der Waals surface area (Å²) in [5.74, 6) is -6.22. The Morgan fingerprint density at radius 1 is 0.754 bits per heavy atom. The summed E-state index contributed by atoms with van der Waals surface area (Å²) in [6, 6.07) is 0.257. The Bertz CT molecular complexity index is 1630. The maximum Gasteiger partial charge on any atom is 0.274 e. The van der Waals surface area contributed by atoms with Gasteiger partial charge in [-0.2, -0.15) is 0 Å². The molecule has 24 nitrogen and oxygen atoms in total. The SMILES string of the molecule is C[C@@H](NC(=O)[C@@H](CC(N)=O)NC(=O)[C@@H](CCCN=C(N)N)NC(=O)[C@@H](CCCN=C(N)N)NC(=O)C[NH-])C(=O)NCCNC(=O)C(Br)c1ccccc1[N+](=O)[O-].[Ac]. The number of guanidine groups is 2. The van der Waals surface area contributed by atoms with Crippen molar-refractivity contribution in [2.75, 3.05) is 32.7 Å². The van der Waals surface area contributed by atoms with Crippen LogP contribution in [0.4, 0.5) is 5.69 Å². The zero-order chi connectivity index (χ0) is 42.4. The Morgan fingerprint density at radius 3 is 1.72 bits per heavy atom. The van der Waals surface area contributed by atoms with Crippen LogP contribution in [-0.4, -0.2) is 115 Å². The molecule has 313 valence electrons. The predicted molar refractivity (Wildman–Crippen MR) is 207 cm³/mol. The Morgan fingerprint density at radius 2 is 1.23 bits per heavy atom. The monoisotopic (exact) mass is 1080 g/mol. The first-order valence-corrected chi connectivity index (χ1v) is 18.0. The van der Waals surface area contributed by atoms with E-state index in [0.29, 0.717) is 0 Å². The van der Waals surface area contributed by atoms with E-state index >= 15 is 0 Å². The van der Waals surface area contributed by atoms with Crippen molar-refractivity contribution in [1.29, 1.82) is 0 Å². The number of hydrogen-bond donors (Lipinski definition) is 11. The Hall–Kier alpha value is -4.67. The molecule has 17 N–H and O–H groups in total. The van der Waals surface area contributed by atoms with Crippen molar-refractivity contribution in [3.8, 4) is 0 Å². The van der Waals surface area contributed by atoms with E-state index in [9.17, 15) is 43.7 Å². The number of nitrogens with zero attached hydrogens (tertiary/aromatic N) is 3. The number of primary amides is 1. The van der Waals surface area contributed by atoms with Crippen LogP contribution in [0.15, 0.2) is 34.3 Å². The molecule has 1 radical (unpaired) electrons. The molecule has 0 heterocycles. The number of rotatable bonds is 25. The molecule has 1 aromatic rings. The van der Waals surface area contributed by atoms with Crippen molar-refractivity contribution in [3.05, 3.63) is 45.7 Å². The fourth-order valence-electron chi connectivity index (χ4n) is 4.75. The number of carbonyl (C=O) groups excluding carboxylic acids is 7. The van der Waals surface area contributed by atoms with Gasteiger partial charge in [0.15, 0.2) is 17.8 Å². The standard InChI is InChI=1S/C31H49BrN15O9.Ac/c1-16(25(50)39-12-13-40-29(54)24(32)17-6-2-3-9-21(17)47(55)56)43-28(53)20(14-22(34)48)46-27(52)19(8-5-11-42-31(37)38)45-26(51)18(44-23(49)15-33)7-4-10-41-30(35)36;/h2-3,6,9,16,18-20,24,33H,4-5,7-8,10-15H2,1H3,(H2,34,48)(H,39,50)(H,40,54)(H,43,53)(H,44,49)(H,45,51)(H,46,52)(H4,35,36,41)(H4,37,38,42);/q-1;/t16-,18-,19-,20-,24?;/m1./s1. The van der Waals surface area contributed by atoms with Crippen molar-refractivity contribution in [2.45, 2.75) is 68.0 Å². The smallest absolute Gasteiger partial charge is 0.274 e. The molecule has 1 rings (SSSR count). The number of para-hydroxylation sites is 1. The molecule has 57 heavy (non-hydrogen) atoms. The van der Waals surface area contributed by atoms with Crippen LogP contribution in [-0.2, 0) is 33.6 Å². The van der Waals surface area contributed by atoms with Gasteiger partial charge in [0.05, 0.1) is 16.9 Å². The summed E-state index contributed by atoms with van der Waals surface area (Å²) in [4.78, 5) is 107. The van der Waals surface area contributed by atoms with Gasteiger partial charge in [0.1, 0.15) is 29.0 Å². The van der Waals surface area contributed by atoms with E-state index in [2.05, 4.69) is 57.8 Å². The van der Waals surface area contributed by atoms with E-state index in [-0.39, 0.29) is 119 Å². The number of halogens is 1. The van der Waals surface area contributed by atoms with Crippen LogP contribution >= 0.6 is 15.9 Å². The van der Waals surface area contributed by atoms with Crippen LogP contribution < -0.4 is 60.6 Å². The Kier molecular flexibility index (Phi) is 25.6. The van der Waals surface area contributed by atoms with Crippen LogP contribution in [0, 0.1) is 54.2 Å². The molecule has 5 atom stereocenters. The molecule has 0 fully saturated rings. The molecule has 0 spiro atoms. The summed E-state index contributed by atoms with van der Waals surface area (Å²) >= 11 is 3.14. The minimum Gasteiger partial charge on any atom is -0.670 e. The first-order chi connectivity index (χ1) is 26.4. The third kappa shape index (κ3) is 20.9. The summed E-state index contributed by atoms with van der Waals surface area (Å²) in [6.07, 6.45) is -0.385. The molecule has 1 unspecified atom stereocenters. The molecule has 26 heteroatoms. The molecule has 0 aliphatic rings. The van der Waals surface area contributed by atoms with Crippen LogP contribution in [0.2, 0.25) is 0 Å². The fraction of sp³-hybridized carbons (Fsp3) is 0.516. The second-order valence-corrected chi connectivity index (χ2v) is 12.9. The van der Waals surface area contributed by atoms with Crippen LogP contribution in [0.25, 0.3) is 5.73 Å². The number of alkyl halides is 1. The first-order valence-electron chi connectivity index (χ1n) is 17.0. The maximum absolute atomic E-state index is 13.5. The second-order valence-electron chi connectivity index (χ2n) is 12.0. The zero-order valence-corrected chi connectivity index (χ0v) is 37.5. The topological polar surface area (TPSA) is 413 Å². The number of nitrogens with two attached hydrogens (primary N) is 5. The molecular weight excluding hydrogens is 1030 g/mol. The van der Waals surface area contributed by atoms with Gasteiger partial charge in [-0.15, -0.1) is 0 Å². The van der Waals surface area contributed by atoms with Crippen molar-refractivity contribution in [1.82, 2.24) is 31.9 Å². The van der Waals surface area contributed by atoms with Gasteiger partial charge in [0, 0.05) is 76.3 Å². The number of carbonyl (C=O) groups is 7. The summed E-state index contributed by atoms with van der Waals surface area (Å²) in [5, 5.41) is 25.9. The van der Waals surface area contributed by atoms with Gasteiger partial charge in [0.2, 0.25) is 35.4 Å². The van der Waals surface area contributed by atoms with Gasteiger partial charge in [-0.25, -0.2) is 0 Å². The van der Waals surface area contributed by atoms with Crippen LogP contribution in [0.5, 0.6) is 0 Å². The molecule has 0 bridgehead atoms. The Labute approximate surface area is 371 Å². The number of hydrogen-bond acceptors (Lipinski definition) is 11. The zero-order valence-electron chi connectivity index (χ0n) is 31.1. The van der Waals surface area contributed by atoms with Gasteiger partial charge in [-0.1, -0.05) is 40.7 Å². The molecule has 0 saturated carbocycles. The van der Waals surface area contributed by atoms with Gasteiger partial charge >= 0.3 is 0 Å². The average Bonchev–Trinajstić information content (AvgIpc) is 3.14. The average molecular weight is 1080 g/mol. The number of benzene rings is 1. The molecule has 1 aromatic carbocycles. The van der Waals surface area contributed by atoms with E-state index in [0.717, 1.165) is 0 Å². The second kappa shape index (κ2) is 27.8. The van der Waals surface area contributed by atoms with Gasteiger partial charge in [-0.05, 0) is 32.6 Å². The number of amides is 7. The third-order valence-corrected chi connectivity index (χ3v) is 8.40. The van der Waals surface area contributed by atoms with Crippen molar-refractivity contribution in [2.24, 2.45) is 38.7 Å². The van der Waals surface area contributed by atoms with Crippen molar-refractivity contribution >= 4 is 74.9 Å². The first kappa shape index (κ1) is 52.3. The largest absolute Gasteiger partial charge is 0.670 e. The fourth-order valence-corrected chi connectivity index (χ4v) is 5.30. The molecule has 7 amide bonds. The van der Waals surface area contributed by atoms with Gasteiger partial charge < -0.3 is 66.3 Å². The van der Waals surface area contributed by atoms with Crippen molar-refractivity contribution < 1.29 is 82.5 Å². The summed E-state index contributed by atoms with van der Waals surface area (Å²) in [7, 11) is 0. The number of nitro benzene ring substituents is 1. The van der Waals surface area contributed by atoms with E-state index in [4.69, 9.17) is 34.4 Å². The number of nitrogens with one attached hydrogen (secondary N) is 7. The molecule has 0 aliphatic carbocycles. The predicted octanol–water partition coefficient (Wildman–Crippen LogP) is -3.74. The normalized spacial score (nSPS) is 13.0. The van der Waals surface area contributed by atoms with Gasteiger partial charge in [-0.3, -0.25) is 53.7 Å². The third-order valence-electron chi connectivity index (χ3n) is 7.49. The van der Waals surface area contributed by atoms with E-state index in [1.54, 1.807) is 0 Å². The molecule has 0 aliphatic heterocycles. The van der Waals surface area contributed by atoms with E-state index < -0.39 is 88.2 Å². The number of aliphatic imine (C=N–C) groups is 2. The van der Waals surface area contributed by atoms with E-state index in [1.807, 2.05) is 0 Å². The molecule has 0 saturated heterocycles. The molecular formula is C31H49AcBrN15O9-. The minimum absolute atomic E-state index is 0.